The quantitative estimate of drug-likeness (QED) is 0.292. The van der Waals surface area contributed by atoms with Gasteiger partial charge in [0.05, 0.1) is 0 Å². The number of ketones is 1. The summed E-state index contributed by atoms with van der Waals surface area (Å²) in [7, 11) is 0. The minimum absolute atomic E-state index is 0.104. The number of carbonyl (C=O) groups is 2. The number of nitrogens with zero attached hydrogens (tertiary/aromatic N) is 2. The molecule has 1 aliphatic carbocycles. The van der Waals surface area contributed by atoms with Gasteiger partial charge in [-0.3, -0.25) is 9.59 Å². The van der Waals surface area contributed by atoms with Crippen molar-refractivity contribution < 1.29 is 9.59 Å². The van der Waals surface area contributed by atoms with Crippen molar-refractivity contribution in [2.75, 3.05) is 0 Å². The van der Waals surface area contributed by atoms with E-state index >= 15 is 0 Å². The van der Waals surface area contributed by atoms with E-state index in [1.165, 1.54) is 0 Å². The van der Waals surface area contributed by atoms with Crippen molar-refractivity contribution in [3.63, 3.8) is 0 Å². The van der Waals surface area contributed by atoms with Crippen molar-refractivity contribution >= 4 is 48.0 Å². The number of aromatic amines is 1. The summed E-state index contributed by atoms with van der Waals surface area (Å²) in [5.74, 6) is -0.580. The molecule has 2 aromatic heterocycles. The average Bonchev–Trinajstić information content (AvgIpc) is 3.17. The molecule has 1 aliphatic rings. The zero-order chi connectivity index (χ0) is 21.7. The largest absolute Gasteiger partial charge is 0.366 e. The number of carbonyl (C=O) groups excluding carboxylic acids is 2. The SMILES string of the molecule is C=NS.N=C1C=CC(C(=O)c2c[nH]c3ncc(-c4ccc(C(N)=O)cc4)cc23)=CC1. The van der Waals surface area contributed by atoms with Gasteiger partial charge in [-0.2, -0.15) is 0 Å². The van der Waals surface area contributed by atoms with Crippen molar-refractivity contribution in [2.45, 2.75) is 6.42 Å². The van der Waals surface area contributed by atoms with E-state index in [0.717, 1.165) is 16.5 Å². The molecule has 0 radical (unpaired) electrons. The third-order valence-electron chi connectivity index (χ3n) is 4.55. The number of thiol groups is 1. The van der Waals surface area contributed by atoms with Crippen LogP contribution in [0.4, 0.5) is 0 Å². The summed E-state index contributed by atoms with van der Waals surface area (Å²) in [6.45, 7) is 2.98. The molecule has 8 heteroatoms. The van der Waals surface area contributed by atoms with Crippen LogP contribution >= 0.6 is 12.8 Å². The van der Waals surface area contributed by atoms with Gasteiger partial charge < -0.3 is 16.1 Å². The van der Waals surface area contributed by atoms with Crippen LogP contribution in [-0.4, -0.2) is 34.1 Å². The number of Topliss-reactive ketones (excluding diaryl/α,β-unsaturated/α-hetero) is 1. The Morgan fingerprint density at radius 3 is 2.50 bits per heavy atom. The number of benzene rings is 1. The third-order valence-corrected chi connectivity index (χ3v) is 4.55. The first-order chi connectivity index (χ1) is 14.4. The van der Waals surface area contributed by atoms with E-state index in [1.54, 1.807) is 54.9 Å². The van der Waals surface area contributed by atoms with Crippen molar-refractivity contribution in [2.24, 2.45) is 10.1 Å². The number of hydrogen-bond donors (Lipinski definition) is 4. The number of fused-ring (bicyclic) bond motifs is 1. The molecule has 3 aromatic rings. The van der Waals surface area contributed by atoms with Crippen molar-refractivity contribution in [3.05, 3.63) is 77.7 Å². The Hall–Kier alpha value is -3.78. The maximum atomic E-state index is 12.9. The molecule has 0 unspecified atom stereocenters. The minimum Gasteiger partial charge on any atom is -0.366 e. The smallest absolute Gasteiger partial charge is 0.248 e. The Labute approximate surface area is 178 Å². The third kappa shape index (κ3) is 4.44. The Morgan fingerprint density at radius 1 is 1.20 bits per heavy atom. The standard InChI is InChI=1S/C21H16N4O2.CH3NS/c22-16-7-5-13(6-8-16)19(26)18-11-25-21-17(18)9-15(10-24-21)12-1-3-14(4-2-12)20(23)27;1-2-3/h1-7,9-11,22H,8H2,(H2,23,27)(H,24,25);3H,1H2. The zero-order valence-electron chi connectivity index (χ0n) is 15.9. The molecule has 1 amide bonds. The monoisotopic (exact) mass is 417 g/mol. The van der Waals surface area contributed by atoms with Gasteiger partial charge in [-0.1, -0.05) is 18.2 Å². The molecule has 0 aliphatic heterocycles. The van der Waals surface area contributed by atoms with Gasteiger partial charge >= 0.3 is 0 Å². The highest BCUT2D eigenvalue weighted by atomic mass is 32.1. The number of allylic oxidation sites excluding steroid dienone is 4. The molecule has 2 heterocycles. The number of pyridine rings is 1. The number of H-pyrrole nitrogens is 1. The second-order valence-electron chi connectivity index (χ2n) is 6.46. The maximum absolute atomic E-state index is 12.9. The van der Waals surface area contributed by atoms with Crippen LogP contribution in [0.3, 0.4) is 0 Å². The first-order valence-electron chi connectivity index (χ1n) is 8.92. The van der Waals surface area contributed by atoms with Crippen LogP contribution in [0.1, 0.15) is 27.1 Å². The Kier molecular flexibility index (Phi) is 6.38. The average molecular weight is 417 g/mol. The molecule has 4 N–H and O–H groups in total. The molecule has 150 valence electrons. The molecule has 0 fully saturated rings. The van der Waals surface area contributed by atoms with Crippen LogP contribution in [0.5, 0.6) is 0 Å². The van der Waals surface area contributed by atoms with Crippen molar-refractivity contribution in [1.29, 1.82) is 5.41 Å². The van der Waals surface area contributed by atoms with Gasteiger partial charge in [-0.15, -0.1) is 0 Å². The lowest BCUT2D eigenvalue weighted by Crippen LogP contribution is -2.10. The molecule has 1 aromatic carbocycles. The number of rotatable bonds is 4. The molecule has 0 atom stereocenters. The predicted molar refractivity (Wildman–Crippen MR) is 122 cm³/mol. The van der Waals surface area contributed by atoms with E-state index < -0.39 is 5.91 Å². The number of amides is 1. The van der Waals surface area contributed by atoms with Gasteiger partial charge in [0.15, 0.2) is 5.78 Å². The maximum Gasteiger partial charge on any atom is 0.248 e. The first-order valence-corrected chi connectivity index (χ1v) is 9.32. The first kappa shape index (κ1) is 20.9. The van der Waals surface area contributed by atoms with E-state index in [0.29, 0.717) is 34.5 Å². The predicted octanol–water partition coefficient (Wildman–Crippen LogP) is 3.95. The summed E-state index contributed by atoms with van der Waals surface area (Å²) in [5, 5.41) is 8.33. The highest BCUT2D eigenvalue weighted by Crippen LogP contribution is 2.27. The van der Waals surface area contributed by atoms with Crippen LogP contribution in [0.25, 0.3) is 22.2 Å². The Bertz CT molecular complexity index is 1210. The molecule has 0 spiro atoms. The fourth-order valence-corrected chi connectivity index (χ4v) is 3.05. The molecule has 0 saturated carbocycles. The van der Waals surface area contributed by atoms with E-state index in [9.17, 15) is 9.59 Å². The topological polar surface area (TPSA) is 125 Å². The molecule has 0 saturated heterocycles. The van der Waals surface area contributed by atoms with Gasteiger partial charge in [0, 0.05) is 52.2 Å². The fraction of sp³-hybridized carbons (Fsp3) is 0.0455. The lowest BCUT2D eigenvalue weighted by molar-refractivity contribution is 0.0998. The Balaban J connectivity index is 0.000000806. The van der Waals surface area contributed by atoms with Gasteiger partial charge in [-0.05, 0) is 55.4 Å². The number of aromatic nitrogens is 2. The molecular formula is C22H19N5O2S. The highest BCUT2D eigenvalue weighted by molar-refractivity contribution is 7.78. The zero-order valence-corrected chi connectivity index (χ0v) is 16.8. The summed E-state index contributed by atoms with van der Waals surface area (Å²) in [4.78, 5) is 31.5. The number of primary amides is 1. The molecule has 0 bridgehead atoms. The summed E-state index contributed by atoms with van der Waals surface area (Å²) in [6, 6.07) is 8.83. The fourth-order valence-electron chi connectivity index (χ4n) is 3.05. The number of nitrogens with two attached hydrogens (primary N) is 1. The van der Waals surface area contributed by atoms with Gasteiger partial charge in [0.1, 0.15) is 5.65 Å². The lowest BCUT2D eigenvalue weighted by atomic mass is 9.97. The number of nitrogens with one attached hydrogen (secondary N) is 2. The molecule has 30 heavy (non-hydrogen) atoms. The van der Waals surface area contributed by atoms with Gasteiger partial charge in [-0.25, -0.2) is 9.38 Å². The highest BCUT2D eigenvalue weighted by Gasteiger charge is 2.18. The van der Waals surface area contributed by atoms with Crippen LogP contribution in [-0.2, 0) is 0 Å². The second-order valence-corrected chi connectivity index (χ2v) is 6.74. The van der Waals surface area contributed by atoms with Crippen LogP contribution in [0, 0.1) is 5.41 Å². The normalized spacial score (nSPS) is 12.7. The van der Waals surface area contributed by atoms with E-state index in [4.69, 9.17) is 11.1 Å². The molecule has 7 nitrogen and oxygen atoms in total. The van der Waals surface area contributed by atoms with Crippen LogP contribution in [0.15, 0.2) is 70.9 Å². The summed E-state index contributed by atoms with van der Waals surface area (Å²) in [5.41, 5.74) is 9.65. The lowest BCUT2D eigenvalue weighted by Gasteiger charge is -2.07. The molecule has 4 rings (SSSR count). The Morgan fingerprint density at radius 2 is 1.90 bits per heavy atom. The number of hydrogen-bond acceptors (Lipinski definition) is 6. The van der Waals surface area contributed by atoms with E-state index in [1.807, 2.05) is 6.07 Å². The van der Waals surface area contributed by atoms with Crippen LogP contribution < -0.4 is 5.73 Å². The van der Waals surface area contributed by atoms with Gasteiger partial charge in [0.2, 0.25) is 5.91 Å². The van der Waals surface area contributed by atoms with E-state index in [-0.39, 0.29) is 5.78 Å². The van der Waals surface area contributed by atoms with Gasteiger partial charge in [0.25, 0.3) is 0 Å². The minimum atomic E-state index is -0.476. The summed E-state index contributed by atoms with van der Waals surface area (Å²) in [6.07, 6.45) is 8.92. The summed E-state index contributed by atoms with van der Waals surface area (Å²) >= 11 is 3.30. The van der Waals surface area contributed by atoms with E-state index in [2.05, 4.69) is 33.9 Å². The summed E-state index contributed by atoms with van der Waals surface area (Å²) < 4.78 is 2.94. The van der Waals surface area contributed by atoms with Crippen molar-refractivity contribution in [1.82, 2.24) is 9.97 Å². The molecular weight excluding hydrogens is 398 g/mol. The van der Waals surface area contributed by atoms with Crippen LogP contribution in [0.2, 0.25) is 0 Å². The second kappa shape index (κ2) is 9.15. The van der Waals surface area contributed by atoms with Crippen molar-refractivity contribution in [3.8, 4) is 11.1 Å².